The lowest BCUT2D eigenvalue weighted by molar-refractivity contribution is 0.229. The van der Waals surface area contributed by atoms with E-state index >= 15 is 0 Å². The number of rotatable bonds is 5. The van der Waals surface area contributed by atoms with E-state index in [9.17, 15) is 0 Å². The summed E-state index contributed by atoms with van der Waals surface area (Å²) < 4.78 is 1.68. The molecule has 2 N–H and O–H groups in total. The molecule has 1 aliphatic rings. The predicted molar refractivity (Wildman–Crippen MR) is 54.5 cm³/mol. The normalized spacial score (nSPS) is 18.1. The summed E-state index contributed by atoms with van der Waals surface area (Å²) in [5, 5.41) is 16.5. The van der Waals surface area contributed by atoms with Crippen molar-refractivity contribution in [2.24, 2.45) is 0 Å². The van der Waals surface area contributed by atoms with Gasteiger partial charge in [-0.05, 0) is 12.8 Å². The molecule has 0 amide bonds. The van der Waals surface area contributed by atoms with Crippen LogP contribution in [0.2, 0.25) is 0 Å². The van der Waals surface area contributed by atoms with E-state index in [1.807, 2.05) is 12.4 Å². The second kappa shape index (κ2) is 3.55. The minimum atomic E-state index is -0.00369. The van der Waals surface area contributed by atoms with E-state index in [4.69, 9.17) is 5.11 Å². The summed E-state index contributed by atoms with van der Waals surface area (Å²) in [7, 11) is 0. The van der Waals surface area contributed by atoms with Crippen LogP contribution in [-0.2, 0) is 6.54 Å². The van der Waals surface area contributed by atoms with Crippen molar-refractivity contribution < 1.29 is 5.11 Å². The molecule has 1 aliphatic carbocycles. The van der Waals surface area contributed by atoms with E-state index in [0.717, 1.165) is 24.9 Å². The highest BCUT2D eigenvalue weighted by atomic mass is 16.3. The van der Waals surface area contributed by atoms with Crippen LogP contribution in [0.5, 0.6) is 0 Å². The molecule has 14 heavy (non-hydrogen) atoms. The van der Waals surface area contributed by atoms with Crippen molar-refractivity contribution in [3.05, 3.63) is 24.5 Å². The second-order valence-corrected chi connectivity index (χ2v) is 3.80. The van der Waals surface area contributed by atoms with Gasteiger partial charge in [0.25, 0.3) is 0 Å². The number of hydrogen-bond donors (Lipinski definition) is 2. The van der Waals surface area contributed by atoms with Crippen molar-refractivity contribution >= 4 is 6.20 Å². The summed E-state index contributed by atoms with van der Waals surface area (Å²) >= 11 is 0. The van der Waals surface area contributed by atoms with Crippen molar-refractivity contribution in [3.8, 4) is 0 Å². The lowest BCUT2D eigenvalue weighted by atomic mass is 10.2. The molecular formula is C10H15N3O. The molecule has 76 valence electrons. The fourth-order valence-electron chi connectivity index (χ4n) is 1.40. The maximum atomic E-state index is 9.09. The van der Waals surface area contributed by atoms with E-state index in [1.54, 1.807) is 10.9 Å². The molecule has 1 aromatic heterocycles. The first-order valence-electron chi connectivity index (χ1n) is 4.79. The summed E-state index contributed by atoms with van der Waals surface area (Å²) in [4.78, 5) is 0. The van der Waals surface area contributed by atoms with Crippen molar-refractivity contribution in [2.75, 3.05) is 6.61 Å². The molecule has 0 saturated heterocycles. The number of aliphatic hydroxyl groups excluding tert-OH is 1. The lowest BCUT2D eigenvalue weighted by Crippen LogP contribution is -2.33. The topological polar surface area (TPSA) is 50.1 Å². The Labute approximate surface area is 83.2 Å². The molecular weight excluding hydrogens is 178 g/mol. The summed E-state index contributed by atoms with van der Waals surface area (Å²) in [5.74, 6) is 0. The van der Waals surface area contributed by atoms with Crippen molar-refractivity contribution in [3.63, 3.8) is 0 Å². The maximum Gasteiger partial charge on any atom is 0.0613 e. The average Bonchev–Trinajstić information content (AvgIpc) is 2.86. The van der Waals surface area contributed by atoms with Crippen LogP contribution in [0.3, 0.4) is 0 Å². The molecule has 4 nitrogen and oxygen atoms in total. The minimum Gasteiger partial charge on any atom is -0.394 e. The van der Waals surface area contributed by atoms with Gasteiger partial charge in [-0.25, -0.2) is 4.68 Å². The van der Waals surface area contributed by atoms with Crippen molar-refractivity contribution in [1.29, 1.82) is 0 Å². The van der Waals surface area contributed by atoms with Gasteiger partial charge in [0.15, 0.2) is 0 Å². The molecule has 0 spiro atoms. The molecule has 4 heteroatoms. The van der Waals surface area contributed by atoms with Crippen LogP contribution in [0.25, 0.3) is 6.20 Å². The van der Waals surface area contributed by atoms with Crippen LogP contribution < -0.4 is 5.32 Å². The van der Waals surface area contributed by atoms with Crippen LogP contribution in [0.4, 0.5) is 0 Å². The molecule has 1 aromatic rings. The zero-order chi connectivity index (χ0) is 10.0. The van der Waals surface area contributed by atoms with Gasteiger partial charge in [-0.1, -0.05) is 6.58 Å². The summed E-state index contributed by atoms with van der Waals surface area (Å²) in [6.07, 6.45) is 7.52. The number of nitrogens with one attached hydrogen (secondary N) is 1. The predicted octanol–water partition coefficient (Wildman–Crippen LogP) is 0.598. The van der Waals surface area contributed by atoms with Gasteiger partial charge in [-0.15, -0.1) is 0 Å². The first-order valence-corrected chi connectivity index (χ1v) is 4.79. The Hall–Kier alpha value is -1.13. The zero-order valence-corrected chi connectivity index (χ0v) is 8.11. The Morgan fingerprint density at radius 2 is 2.50 bits per heavy atom. The van der Waals surface area contributed by atoms with Gasteiger partial charge in [0.2, 0.25) is 0 Å². The molecule has 0 unspecified atom stereocenters. The standard InChI is InChI=1S/C10H15N3O/c1-2-13-7-9(6-12-13)5-11-10(8-14)3-4-10/h2,6-7,11,14H,1,3-5,8H2. The van der Waals surface area contributed by atoms with Gasteiger partial charge in [0.05, 0.1) is 12.8 Å². The quantitative estimate of drug-likeness (QED) is 0.720. The molecule has 0 bridgehead atoms. The van der Waals surface area contributed by atoms with E-state index in [-0.39, 0.29) is 12.1 Å². The average molecular weight is 193 g/mol. The highest BCUT2D eigenvalue weighted by Crippen LogP contribution is 2.34. The second-order valence-electron chi connectivity index (χ2n) is 3.80. The van der Waals surface area contributed by atoms with Crippen LogP contribution in [0.15, 0.2) is 19.0 Å². The Morgan fingerprint density at radius 3 is 3.00 bits per heavy atom. The number of aliphatic hydroxyl groups is 1. The molecule has 2 rings (SSSR count). The van der Waals surface area contributed by atoms with Crippen LogP contribution in [0.1, 0.15) is 18.4 Å². The van der Waals surface area contributed by atoms with Crippen molar-refractivity contribution in [1.82, 2.24) is 15.1 Å². The SMILES string of the molecule is C=Cn1cc(CNC2(CO)CC2)cn1. The molecule has 0 aliphatic heterocycles. The first-order chi connectivity index (χ1) is 6.78. The summed E-state index contributed by atoms with van der Waals surface area (Å²) in [6, 6.07) is 0. The third-order valence-electron chi connectivity index (χ3n) is 2.67. The van der Waals surface area contributed by atoms with Crippen molar-refractivity contribution in [2.45, 2.75) is 24.9 Å². The Balaban J connectivity index is 1.88. The molecule has 0 atom stereocenters. The van der Waals surface area contributed by atoms with Gasteiger partial charge in [-0.3, -0.25) is 0 Å². The Morgan fingerprint density at radius 1 is 1.71 bits per heavy atom. The fraction of sp³-hybridized carbons (Fsp3) is 0.500. The van der Waals surface area contributed by atoms with E-state index in [2.05, 4.69) is 17.0 Å². The Kier molecular flexibility index (Phi) is 2.39. The highest BCUT2D eigenvalue weighted by molar-refractivity contribution is 5.18. The van der Waals surface area contributed by atoms with E-state index in [1.165, 1.54) is 0 Å². The van der Waals surface area contributed by atoms with E-state index in [0.29, 0.717) is 0 Å². The van der Waals surface area contributed by atoms with Crippen LogP contribution in [-0.4, -0.2) is 27.0 Å². The zero-order valence-electron chi connectivity index (χ0n) is 8.11. The summed E-state index contributed by atoms with van der Waals surface area (Å²) in [6.45, 7) is 4.60. The highest BCUT2D eigenvalue weighted by Gasteiger charge is 2.41. The minimum absolute atomic E-state index is 0.00369. The van der Waals surface area contributed by atoms with E-state index < -0.39 is 0 Å². The number of hydrogen-bond acceptors (Lipinski definition) is 3. The van der Waals surface area contributed by atoms with Crippen LogP contribution in [0, 0.1) is 0 Å². The fourth-order valence-corrected chi connectivity index (χ4v) is 1.40. The third-order valence-corrected chi connectivity index (χ3v) is 2.67. The Bertz CT molecular complexity index is 328. The number of aromatic nitrogens is 2. The monoisotopic (exact) mass is 193 g/mol. The van der Waals surface area contributed by atoms with Gasteiger partial charge in [-0.2, -0.15) is 5.10 Å². The lowest BCUT2D eigenvalue weighted by Gasteiger charge is -2.12. The smallest absolute Gasteiger partial charge is 0.0613 e. The van der Waals surface area contributed by atoms with Gasteiger partial charge in [0, 0.05) is 30.0 Å². The summed E-state index contributed by atoms with van der Waals surface area (Å²) in [5.41, 5.74) is 1.11. The van der Waals surface area contributed by atoms with Crippen LogP contribution >= 0.6 is 0 Å². The van der Waals surface area contributed by atoms with Gasteiger partial charge >= 0.3 is 0 Å². The third kappa shape index (κ3) is 1.86. The largest absolute Gasteiger partial charge is 0.394 e. The number of nitrogens with zero attached hydrogens (tertiary/aromatic N) is 2. The molecule has 1 saturated carbocycles. The molecule has 1 fully saturated rings. The van der Waals surface area contributed by atoms with Gasteiger partial charge < -0.3 is 10.4 Å². The maximum absolute atomic E-state index is 9.09. The van der Waals surface area contributed by atoms with Gasteiger partial charge in [0.1, 0.15) is 0 Å². The molecule has 0 radical (unpaired) electrons. The molecule has 1 heterocycles. The first kappa shape index (κ1) is 9.43. The molecule has 0 aromatic carbocycles.